The average Bonchev–Trinajstić information content (AvgIpc) is 2.99. The second kappa shape index (κ2) is 10.3. The zero-order chi connectivity index (χ0) is 19.7. The van der Waals surface area contributed by atoms with Crippen LogP contribution < -0.4 is 10.6 Å². The maximum absolute atomic E-state index is 12.2. The van der Waals surface area contributed by atoms with E-state index < -0.39 is 9.84 Å². The van der Waals surface area contributed by atoms with E-state index in [9.17, 15) is 13.2 Å². The van der Waals surface area contributed by atoms with Crippen LogP contribution in [0.1, 0.15) is 18.4 Å². The van der Waals surface area contributed by atoms with Crippen molar-refractivity contribution in [3.63, 3.8) is 0 Å². The molecule has 0 aromatic heterocycles. The molecule has 0 spiro atoms. The molecule has 1 unspecified atom stereocenters. The van der Waals surface area contributed by atoms with E-state index in [0.717, 1.165) is 19.5 Å². The zero-order valence-electron chi connectivity index (χ0n) is 16.1. The summed E-state index contributed by atoms with van der Waals surface area (Å²) < 4.78 is 22.3. The van der Waals surface area contributed by atoms with Crippen molar-refractivity contribution in [1.82, 2.24) is 15.5 Å². The number of amides is 1. The average molecular weight is 395 g/mol. The third-order valence-corrected chi connectivity index (χ3v) is 5.60. The van der Waals surface area contributed by atoms with Gasteiger partial charge in [0.2, 0.25) is 5.91 Å². The molecule has 0 bridgehead atoms. The highest BCUT2D eigenvalue weighted by molar-refractivity contribution is 7.90. The summed E-state index contributed by atoms with van der Waals surface area (Å²) in [5, 5.41) is 6.35. The Labute approximate surface area is 162 Å². The highest BCUT2D eigenvalue weighted by Crippen LogP contribution is 2.17. The molecule has 150 valence electrons. The van der Waals surface area contributed by atoms with Crippen molar-refractivity contribution in [3.8, 4) is 0 Å². The molecule has 1 aliphatic rings. The van der Waals surface area contributed by atoms with Crippen molar-refractivity contribution >= 4 is 21.7 Å². The van der Waals surface area contributed by atoms with Crippen molar-refractivity contribution in [2.75, 3.05) is 45.2 Å². The second-order valence-corrected chi connectivity index (χ2v) is 9.27. The predicted octanol–water partition coefficient (Wildman–Crippen LogP) is 0.677. The Morgan fingerprint density at radius 1 is 1.26 bits per heavy atom. The summed E-state index contributed by atoms with van der Waals surface area (Å²) in [6.07, 6.45) is 3.19. The quantitative estimate of drug-likeness (QED) is 0.365. The molecule has 7 nitrogen and oxygen atoms in total. The summed E-state index contributed by atoms with van der Waals surface area (Å²) >= 11 is 0. The number of sulfone groups is 1. The first-order valence-corrected chi connectivity index (χ1v) is 11.4. The first kappa shape index (κ1) is 21.2. The van der Waals surface area contributed by atoms with Gasteiger partial charge in [-0.2, -0.15) is 0 Å². The molecule has 0 saturated carbocycles. The lowest BCUT2D eigenvalue weighted by molar-refractivity contribution is -0.127. The van der Waals surface area contributed by atoms with E-state index in [4.69, 9.17) is 0 Å². The van der Waals surface area contributed by atoms with Gasteiger partial charge < -0.3 is 15.5 Å². The van der Waals surface area contributed by atoms with Gasteiger partial charge in [0.25, 0.3) is 0 Å². The van der Waals surface area contributed by atoms with Crippen LogP contribution in [0.25, 0.3) is 0 Å². The standard InChI is InChI=1S/C19H30N4O3S/c1-20-19(21-10-6-12-27(2,25)26)22-14-17-13-18(24)23(15-17)11-9-16-7-4-3-5-8-16/h3-5,7-8,17H,6,9-15H2,1-2H3,(H2,20,21,22). The lowest BCUT2D eigenvalue weighted by Crippen LogP contribution is -2.41. The van der Waals surface area contributed by atoms with E-state index in [1.54, 1.807) is 7.05 Å². The van der Waals surface area contributed by atoms with Crippen LogP contribution in [0, 0.1) is 5.92 Å². The Bertz CT molecular complexity index is 735. The molecule has 1 aliphatic heterocycles. The molecule has 1 saturated heterocycles. The van der Waals surface area contributed by atoms with E-state index in [0.29, 0.717) is 31.9 Å². The maximum atomic E-state index is 12.2. The van der Waals surface area contributed by atoms with Crippen molar-refractivity contribution in [2.24, 2.45) is 10.9 Å². The Balaban J connectivity index is 1.68. The van der Waals surface area contributed by atoms with Crippen LogP contribution in [0.5, 0.6) is 0 Å². The molecule has 0 radical (unpaired) electrons. The molecule has 0 aliphatic carbocycles. The number of guanidine groups is 1. The van der Waals surface area contributed by atoms with Gasteiger partial charge in [-0.25, -0.2) is 8.42 Å². The second-order valence-electron chi connectivity index (χ2n) is 7.01. The van der Waals surface area contributed by atoms with E-state index in [1.807, 2.05) is 23.1 Å². The topological polar surface area (TPSA) is 90.9 Å². The van der Waals surface area contributed by atoms with Gasteiger partial charge in [0.1, 0.15) is 9.84 Å². The molecule has 8 heteroatoms. The van der Waals surface area contributed by atoms with E-state index in [1.165, 1.54) is 11.8 Å². The third kappa shape index (κ3) is 7.99. The van der Waals surface area contributed by atoms with Crippen LogP contribution in [0.4, 0.5) is 0 Å². The Morgan fingerprint density at radius 2 is 2.00 bits per heavy atom. The monoisotopic (exact) mass is 394 g/mol. The fourth-order valence-electron chi connectivity index (χ4n) is 3.12. The number of nitrogens with one attached hydrogen (secondary N) is 2. The SMILES string of the molecule is CN=C(NCCCS(C)(=O)=O)NCC1CC(=O)N(CCc2ccccc2)C1. The molecule has 1 fully saturated rings. The van der Waals surface area contributed by atoms with Gasteiger partial charge in [-0.15, -0.1) is 0 Å². The van der Waals surface area contributed by atoms with Gasteiger partial charge in [0.15, 0.2) is 5.96 Å². The van der Waals surface area contributed by atoms with E-state index in [-0.39, 0.29) is 17.6 Å². The Kier molecular flexibility index (Phi) is 8.09. The van der Waals surface area contributed by atoms with Gasteiger partial charge in [-0.3, -0.25) is 9.79 Å². The number of hydrogen-bond acceptors (Lipinski definition) is 4. The number of carbonyl (C=O) groups excluding carboxylic acids is 1. The van der Waals surface area contributed by atoms with Gasteiger partial charge in [-0.1, -0.05) is 30.3 Å². The lowest BCUT2D eigenvalue weighted by Gasteiger charge is -2.18. The van der Waals surface area contributed by atoms with Gasteiger partial charge in [0, 0.05) is 51.8 Å². The number of nitrogens with zero attached hydrogens (tertiary/aromatic N) is 2. The summed E-state index contributed by atoms with van der Waals surface area (Å²) in [6, 6.07) is 10.2. The van der Waals surface area contributed by atoms with Gasteiger partial charge in [0.05, 0.1) is 5.75 Å². The largest absolute Gasteiger partial charge is 0.356 e. The summed E-state index contributed by atoms with van der Waals surface area (Å²) in [4.78, 5) is 18.3. The van der Waals surface area contributed by atoms with Gasteiger partial charge in [-0.05, 0) is 18.4 Å². The maximum Gasteiger partial charge on any atom is 0.223 e. The number of aliphatic imine (C=N–C) groups is 1. The number of carbonyl (C=O) groups is 1. The minimum absolute atomic E-state index is 0.157. The fraction of sp³-hybridized carbons (Fsp3) is 0.579. The minimum atomic E-state index is -2.94. The van der Waals surface area contributed by atoms with Crippen LogP contribution in [-0.2, 0) is 21.1 Å². The van der Waals surface area contributed by atoms with Crippen LogP contribution in [0.3, 0.4) is 0 Å². The summed E-state index contributed by atoms with van der Waals surface area (Å²) in [5.41, 5.74) is 1.24. The molecule has 1 aromatic rings. The van der Waals surface area contributed by atoms with Crippen LogP contribution in [0.15, 0.2) is 35.3 Å². The predicted molar refractivity (Wildman–Crippen MR) is 109 cm³/mol. The fourth-order valence-corrected chi connectivity index (χ4v) is 3.79. The Morgan fingerprint density at radius 3 is 2.67 bits per heavy atom. The molecule has 2 rings (SSSR count). The molecule has 1 amide bonds. The number of rotatable bonds is 9. The van der Waals surface area contributed by atoms with Crippen LogP contribution in [0.2, 0.25) is 0 Å². The van der Waals surface area contributed by atoms with Crippen molar-refractivity contribution in [2.45, 2.75) is 19.3 Å². The number of likely N-dealkylation sites (tertiary alicyclic amines) is 1. The third-order valence-electron chi connectivity index (χ3n) is 4.57. The Hall–Kier alpha value is -2.09. The minimum Gasteiger partial charge on any atom is -0.356 e. The molecule has 2 N–H and O–H groups in total. The molecule has 1 heterocycles. The summed E-state index contributed by atoms with van der Waals surface area (Å²) in [5.74, 6) is 1.25. The normalized spacial score (nSPS) is 18.0. The molecular weight excluding hydrogens is 364 g/mol. The highest BCUT2D eigenvalue weighted by atomic mass is 32.2. The molecule has 1 aromatic carbocycles. The lowest BCUT2D eigenvalue weighted by atomic mass is 10.1. The number of hydrogen-bond donors (Lipinski definition) is 2. The summed E-state index contributed by atoms with van der Waals surface area (Å²) in [7, 11) is -1.26. The van der Waals surface area contributed by atoms with E-state index in [2.05, 4.69) is 27.8 Å². The first-order valence-electron chi connectivity index (χ1n) is 9.31. The smallest absolute Gasteiger partial charge is 0.223 e. The van der Waals surface area contributed by atoms with Crippen molar-refractivity contribution in [3.05, 3.63) is 35.9 Å². The molecule has 1 atom stereocenters. The van der Waals surface area contributed by atoms with Gasteiger partial charge >= 0.3 is 0 Å². The number of benzene rings is 1. The highest BCUT2D eigenvalue weighted by Gasteiger charge is 2.29. The molecular formula is C19H30N4O3S. The van der Waals surface area contributed by atoms with E-state index >= 15 is 0 Å². The first-order chi connectivity index (χ1) is 12.9. The van der Waals surface area contributed by atoms with Crippen molar-refractivity contribution < 1.29 is 13.2 Å². The zero-order valence-corrected chi connectivity index (χ0v) is 17.0. The van der Waals surface area contributed by atoms with Crippen LogP contribution >= 0.6 is 0 Å². The van der Waals surface area contributed by atoms with Crippen LogP contribution in [-0.4, -0.2) is 70.4 Å². The molecule has 27 heavy (non-hydrogen) atoms. The van der Waals surface area contributed by atoms with Crippen molar-refractivity contribution in [1.29, 1.82) is 0 Å². The summed E-state index contributed by atoms with van der Waals surface area (Å²) in [6.45, 7) is 2.71.